The minimum absolute atomic E-state index is 0.0271. The van der Waals surface area contributed by atoms with Crippen molar-refractivity contribution < 1.29 is 9.21 Å². The summed E-state index contributed by atoms with van der Waals surface area (Å²) in [6.45, 7) is 1.49. The van der Waals surface area contributed by atoms with E-state index in [2.05, 4.69) is 10.3 Å². The fraction of sp³-hybridized carbons (Fsp3) is 0.556. The first kappa shape index (κ1) is 10.7. The van der Waals surface area contributed by atoms with Gasteiger partial charge in [-0.05, 0) is 14.1 Å². The Kier molecular flexibility index (Phi) is 4.12. The van der Waals surface area contributed by atoms with E-state index in [1.165, 1.54) is 12.7 Å². The molecule has 0 radical (unpaired) electrons. The predicted octanol–water partition coefficient (Wildman–Crippen LogP) is -0.105. The van der Waals surface area contributed by atoms with Crippen molar-refractivity contribution in [1.29, 1.82) is 0 Å². The van der Waals surface area contributed by atoms with Gasteiger partial charge in [-0.2, -0.15) is 0 Å². The Morgan fingerprint density at radius 1 is 1.64 bits per heavy atom. The highest BCUT2D eigenvalue weighted by Gasteiger charge is 2.04. The largest absolute Gasteiger partial charge is 0.451 e. The third-order valence-electron chi connectivity index (χ3n) is 1.71. The highest BCUT2D eigenvalue weighted by atomic mass is 16.3. The lowest BCUT2D eigenvalue weighted by Gasteiger charge is -2.09. The second kappa shape index (κ2) is 5.39. The Bertz CT molecular complexity index is 270. The molecule has 1 amide bonds. The van der Waals surface area contributed by atoms with Crippen LogP contribution in [0.3, 0.4) is 0 Å². The van der Waals surface area contributed by atoms with Gasteiger partial charge in [0.05, 0.1) is 12.1 Å². The van der Waals surface area contributed by atoms with Crippen LogP contribution in [0.1, 0.15) is 5.69 Å². The van der Waals surface area contributed by atoms with E-state index in [0.29, 0.717) is 12.2 Å². The molecule has 1 heterocycles. The quantitative estimate of drug-likeness (QED) is 0.716. The predicted molar refractivity (Wildman–Crippen MR) is 51.8 cm³/mol. The highest BCUT2D eigenvalue weighted by Crippen LogP contribution is 1.94. The van der Waals surface area contributed by atoms with E-state index in [1.54, 1.807) is 0 Å². The number of hydrogen-bond acceptors (Lipinski definition) is 4. The lowest BCUT2D eigenvalue weighted by Crippen LogP contribution is -2.32. The summed E-state index contributed by atoms with van der Waals surface area (Å²) in [5.41, 5.74) is 0.660. The summed E-state index contributed by atoms with van der Waals surface area (Å²) in [7, 11) is 3.92. The summed E-state index contributed by atoms with van der Waals surface area (Å²) in [5, 5.41) is 2.79. The van der Waals surface area contributed by atoms with Crippen molar-refractivity contribution in [3.8, 4) is 0 Å². The van der Waals surface area contributed by atoms with Crippen LogP contribution in [0.2, 0.25) is 0 Å². The second-order valence-electron chi connectivity index (χ2n) is 3.31. The number of nitrogens with zero attached hydrogens (tertiary/aromatic N) is 2. The zero-order valence-corrected chi connectivity index (χ0v) is 8.49. The summed E-state index contributed by atoms with van der Waals surface area (Å²) in [6, 6.07) is 0. The molecular formula is C9H15N3O2. The van der Waals surface area contributed by atoms with Crippen LogP contribution in [-0.2, 0) is 11.2 Å². The minimum atomic E-state index is -0.0271. The molecule has 0 spiro atoms. The zero-order chi connectivity index (χ0) is 10.4. The molecule has 0 atom stereocenters. The summed E-state index contributed by atoms with van der Waals surface area (Å²) in [5.74, 6) is -0.0271. The normalized spacial score (nSPS) is 10.5. The number of likely N-dealkylation sites (N-methyl/N-ethyl adjacent to an activating group) is 1. The highest BCUT2D eigenvalue weighted by molar-refractivity contribution is 5.77. The van der Waals surface area contributed by atoms with Crippen LogP contribution in [0.5, 0.6) is 0 Å². The molecule has 0 bridgehead atoms. The molecule has 1 rings (SSSR count). The molecule has 0 unspecified atom stereocenters. The van der Waals surface area contributed by atoms with Gasteiger partial charge in [-0.3, -0.25) is 4.79 Å². The van der Waals surface area contributed by atoms with E-state index in [9.17, 15) is 4.79 Å². The maximum atomic E-state index is 11.3. The number of amides is 1. The minimum Gasteiger partial charge on any atom is -0.451 e. The number of oxazole rings is 1. The number of rotatable bonds is 5. The maximum absolute atomic E-state index is 11.3. The molecule has 78 valence electrons. The third kappa shape index (κ3) is 4.04. The Morgan fingerprint density at radius 2 is 2.43 bits per heavy atom. The molecule has 1 N–H and O–H groups in total. The van der Waals surface area contributed by atoms with Crippen LogP contribution in [-0.4, -0.2) is 43.0 Å². The molecule has 1 aromatic heterocycles. The number of carbonyl (C=O) groups is 1. The van der Waals surface area contributed by atoms with Gasteiger partial charge in [0.1, 0.15) is 6.26 Å². The molecule has 5 nitrogen and oxygen atoms in total. The smallest absolute Gasteiger partial charge is 0.226 e. The lowest BCUT2D eigenvalue weighted by atomic mass is 10.3. The van der Waals surface area contributed by atoms with Gasteiger partial charge >= 0.3 is 0 Å². The van der Waals surface area contributed by atoms with Crippen LogP contribution < -0.4 is 5.32 Å². The fourth-order valence-electron chi connectivity index (χ4n) is 0.971. The average molecular weight is 197 g/mol. The summed E-state index contributed by atoms with van der Waals surface area (Å²) < 4.78 is 4.76. The molecule has 0 aliphatic rings. The SMILES string of the molecule is CN(C)CCNC(=O)Cc1cocn1. The van der Waals surface area contributed by atoms with Gasteiger partial charge in [0.25, 0.3) is 0 Å². The molecule has 1 aromatic rings. The van der Waals surface area contributed by atoms with E-state index in [-0.39, 0.29) is 12.3 Å². The van der Waals surface area contributed by atoms with E-state index in [4.69, 9.17) is 4.42 Å². The van der Waals surface area contributed by atoms with E-state index in [0.717, 1.165) is 6.54 Å². The maximum Gasteiger partial charge on any atom is 0.226 e. The lowest BCUT2D eigenvalue weighted by molar-refractivity contribution is -0.120. The second-order valence-corrected chi connectivity index (χ2v) is 3.31. The molecule has 0 aliphatic heterocycles. The first-order chi connectivity index (χ1) is 6.68. The molecule has 0 saturated carbocycles. The van der Waals surface area contributed by atoms with Gasteiger partial charge in [-0.1, -0.05) is 0 Å². The number of nitrogens with one attached hydrogen (secondary N) is 1. The van der Waals surface area contributed by atoms with E-state index in [1.807, 2.05) is 19.0 Å². The average Bonchev–Trinajstić information content (AvgIpc) is 2.56. The van der Waals surface area contributed by atoms with Gasteiger partial charge in [-0.15, -0.1) is 0 Å². The van der Waals surface area contributed by atoms with Crippen molar-refractivity contribution in [2.75, 3.05) is 27.2 Å². The van der Waals surface area contributed by atoms with Crippen LogP contribution in [0, 0.1) is 0 Å². The number of hydrogen-bond donors (Lipinski definition) is 1. The molecule has 0 fully saturated rings. The van der Waals surface area contributed by atoms with Crippen molar-refractivity contribution in [3.05, 3.63) is 18.4 Å². The topological polar surface area (TPSA) is 58.4 Å². The fourth-order valence-corrected chi connectivity index (χ4v) is 0.971. The van der Waals surface area contributed by atoms with Crippen molar-refractivity contribution in [2.45, 2.75) is 6.42 Å². The zero-order valence-electron chi connectivity index (χ0n) is 8.49. The van der Waals surface area contributed by atoms with E-state index < -0.39 is 0 Å². The molecule has 14 heavy (non-hydrogen) atoms. The summed E-state index contributed by atoms with van der Waals surface area (Å²) in [6.07, 6.45) is 3.08. The van der Waals surface area contributed by atoms with Gasteiger partial charge in [-0.25, -0.2) is 4.98 Å². The Morgan fingerprint density at radius 3 is 3.00 bits per heavy atom. The molecule has 0 aliphatic carbocycles. The van der Waals surface area contributed by atoms with E-state index >= 15 is 0 Å². The molecule has 5 heteroatoms. The Balaban J connectivity index is 2.17. The number of carbonyl (C=O) groups excluding carboxylic acids is 1. The van der Waals surface area contributed by atoms with Crippen molar-refractivity contribution >= 4 is 5.91 Å². The Labute approximate surface area is 83.1 Å². The van der Waals surface area contributed by atoms with Crippen LogP contribution in [0.4, 0.5) is 0 Å². The Hall–Kier alpha value is -1.36. The van der Waals surface area contributed by atoms with Crippen LogP contribution in [0.25, 0.3) is 0 Å². The number of aromatic nitrogens is 1. The van der Waals surface area contributed by atoms with Gasteiger partial charge < -0.3 is 14.6 Å². The van der Waals surface area contributed by atoms with Gasteiger partial charge in [0, 0.05) is 13.1 Å². The van der Waals surface area contributed by atoms with Gasteiger partial charge in [0.2, 0.25) is 5.91 Å². The first-order valence-electron chi connectivity index (χ1n) is 4.47. The molecule has 0 saturated heterocycles. The summed E-state index contributed by atoms with van der Waals surface area (Å²) in [4.78, 5) is 17.2. The standard InChI is InChI=1S/C9H15N3O2/c1-12(2)4-3-10-9(13)5-8-6-14-7-11-8/h6-7H,3-5H2,1-2H3,(H,10,13). The van der Waals surface area contributed by atoms with Crippen molar-refractivity contribution in [2.24, 2.45) is 0 Å². The van der Waals surface area contributed by atoms with Gasteiger partial charge in [0.15, 0.2) is 6.39 Å². The molecular weight excluding hydrogens is 182 g/mol. The van der Waals surface area contributed by atoms with Crippen LogP contribution >= 0.6 is 0 Å². The molecule has 0 aromatic carbocycles. The monoisotopic (exact) mass is 197 g/mol. The summed E-state index contributed by atoms with van der Waals surface area (Å²) >= 11 is 0. The first-order valence-corrected chi connectivity index (χ1v) is 4.47. The third-order valence-corrected chi connectivity index (χ3v) is 1.71. The van der Waals surface area contributed by atoms with Crippen molar-refractivity contribution in [3.63, 3.8) is 0 Å². The van der Waals surface area contributed by atoms with Crippen LogP contribution in [0.15, 0.2) is 17.1 Å². The van der Waals surface area contributed by atoms with Crippen molar-refractivity contribution in [1.82, 2.24) is 15.2 Å².